The van der Waals surface area contributed by atoms with Gasteiger partial charge in [-0.25, -0.2) is 9.97 Å². The second-order valence-corrected chi connectivity index (χ2v) is 5.88. The van der Waals surface area contributed by atoms with E-state index in [0.29, 0.717) is 11.8 Å². The quantitative estimate of drug-likeness (QED) is 0.927. The van der Waals surface area contributed by atoms with Crippen molar-refractivity contribution in [1.82, 2.24) is 15.3 Å². The number of aromatic nitrogens is 2. The van der Waals surface area contributed by atoms with Crippen molar-refractivity contribution in [3.05, 3.63) is 47.4 Å². The Morgan fingerprint density at radius 1 is 1.20 bits per heavy atom. The van der Waals surface area contributed by atoms with E-state index in [1.54, 1.807) is 0 Å². The van der Waals surface area contributed by atoms with E-state index in [1.165, 1.54) is 16.7 Å². The summed E-state index contributed by atoms with van der Waals surface area (Å²) >= 11 is 0. The van der Waals surface area contributed by atoms with Crippen LogP contribution in [0.4, 0.5) is 0 Å². The molecule has 2 aromatic rings. The molecule has 0 radical (unpaired) electrons. The lowest BCUT2D eigenvalue weighted by atomic mass is 9.96. The maximum absolute atomic E-state index is 4.78. The average molecular weight is 267 g/mol. The lowest BCUT2D eigenvalue weighted by molar-refractivity contribution is 0.430. The summed E-state index contributed by atoms with van der Waals surface area (Å²) in [5.41, 5.74) is 4.90. The van der Waals surface area contributed by atoms with Gasteiger partial charge in [0.05, 0.1) is 5.69 Å². The highest BCUT2D eigenvalue weighted by Crippen LogP contribution is 2.27. The van der Waals surface area contributed by atoms with E-state index in [0.717, 1.165) is 24.6 Å². The molecule has 1 aromatic heterocycles. The molecule has 3 rings (SSSR count). The monoisotopic (exact) mass is 267 g/mol. The maximum Gasteiger partial charge on any atom is 0.134 e. The van der Waals surface area contributed by atoms with Crippen LogP contribution in [0.5, 0.6) is 0 Å². The third kappa shape index (κ3) is 2.46. The second kappa shape index (κ2) is 5.33. The number of nitrogens with one attached hydrogen (secondary N) is 1. The van der Waals surface area contributed by atoms with Crippen molar-refractivity contribution in [2.45, 2.75) is 32.6 Å². The molecule has 1 aromatic carbocycles. The van der Waals surface area contributed by atoms with Gasteiger partial charge in [0.2, 0.25) is 0 Å². The first-order valence-corrected chi connectivity index (χ1v) is 7.29. The molecule has 1 aliphatic rings. The Bertz CT molecular complexity index is 615. The lowest BCUT2D eigenvalue weighted by Gasteiger charge is -2.25. The molecular weight excluding hydrogens is 246 g/mol. The van der Waals surface area contributed by atoms with Crippen molar-refractivity contribution < 1.29 is 0 Å². The third-order valence-corrected chi connectivity index (χ3v) is 4.03. The van der Waals surface area contributed by atoms with Crippen molar-refractivity contribution in [2.75, 3.05) is 13.1 Å². The van der Waals surface area contributed by atoms with Crippen LogP contribution in [0.3, 0.4) is 0 Å². The topological polar surface area (TPSA) is 37.8 Å². The predicted octanol–water partition coefficient (Wildman–Crippen LogP) is 3.26. The Balaban J connectivity index is 2.01. The summed E-state index contributed by atoms with van der Waals surface area (Å²) in [4.78, 5) is 9.20. The minimum Gasteiger partial charge on any atom is -0.315 e. The molecule has 3 nitrogen and oxygen atoms in total. The molecule has 0 unspecified atom stereocenters. The number of nitrogens with zero attached hydrogens (tertiary/aromatic N) is 2. The summed E-state index contributed by atoms with van der Waals surface area (Å²) in [6.07, 6.45) is 1.89. The third-order valence-electron chi connectivity index (χ3n) is 4.03. The molecule has 0 spiro atoms. The minimum absolute atomic E-state index is 0.475. The normalized spacial score (nSPS) is 15.4. The molecule has 0 atom stereocenters. The maximum atomic E-state index is 4.78. The first-order chi connectivity index (χ1) is 9.65. The lowest BCUT2D eigenvalue weighted by Crippen LogP contribution is -2.40. The first kappa shape index (κ1) is 13.3. The Kier molecular flexibility index (Phi) is 3.53. The second-order valence-electron chi connectivity index (χ2n) is 5.88. The van der Waals surface area contributed by atoms with Gasteiger partial charge in [0, 0.05) is 30.8 Å². The molecule has 1 N–H and O–H groups in total. The van der Waals surface area contributed by atoms with Crippen LogP contribution in [0, 0.1) is 6.92 Å². The molecule has 1 fully saturated rings. The largest absolute Gasteiger partial charge is 0.315 e. The zero-order chi connectivity index (χ0) is 14.1. The van der Waals surface area contributed by atoms with Gasteiger partial charge >= 0.3 is 0 Å². The summed E-state index contributed by atoms with van der Waals surface area (Å²) in [5.74, 6) is 1.98. The molecule has 2 heterocycles. The highest BCUT2D eigenvalue weighted by molar-refractivity contribution is 5.64. The highest BCUT2D eigenvalue weighted by Gasteiger charge is 2.22. The molecule has 3 heteroatoms. The van der Waals surface area contributed by atoms with Gasteiger partial charge in [-0.3, -0.25) is 0 Å². The first-order valence-electron chi connectivity index (χ1n) is 7.29. The van der Waals surface area contributed by atoms with E-state index >= 15 is 0 Å². The van der Waals surface area contributed by atoms with Crippen molar-refractivity contribution >= 4 is 0 Å². The van der Waals surface area contributed by atoms with Gasteiger partial charge in [-0.05, 0) is 36.1 Å². The van der Waals surface area contributed by atoms with Crippen molar-refractivity contribution in [1.29, 1.82) is 0 Å². The number of hydrogen-bond acceptors (Lipinski definition) is 3. The Morgan fingerprint density at radius 2 is 2.00 bits per heavy atom. The number of benzene rings is 1. The van der Waals surface area contributed by atoms with E-state index in [-0.39, 0.29) is 0 Å². The molecule has 1 saturated heterocycles. The van der Waals surface area contributed by atoms with Crippen LogP contribution < -0.4 is 5.32 Å². The van der Waals surface area contributed by atoms with Crippen LogP contribution in [-0.2, 0) is 0 Å². The standard InChI is InChI=1S/C17H21N3/c1-11(2)13-5-4-12(3)15(8-13)16-6-7-19-17(20-16)14-9-18-10-14/h4-8,11,14,18H,9-10H2,1-3H3. The van der Waals surface area contributed by atoms with E-state index in [4.69, 9.17) is 4.98 Å². The molecule has 0 saturated carbocycles. The number of rotatable bonds is 3. The van der Waals surface area contributed by atoms with Crippen LogP contribution >= 0.6 is 0 Å². The molecule has 20 heavy (non-hydrogen) atoms. The average Bonchev–Trinajstić information content (AvgIpc) is 2.37. The number of aryl methyl sites for hydroxylation is 1. The van der Waals surface area contributed by atoms with Crippen LogP contribution in [0.25, 0.3) is 11.3 Å². The highest BCUT2D eigenvalue weighted by atomic mass is 15.0. The van der Waals surface area contributed by atoms with Gasteiger partial charge in [-0.1, -0.05) is 26.0 Å². The van der Waals surface area contributed by atoms with Crippen molar-refractivity contribution in [2.24, 2.45) is 0 Å². The molecule has 1 aliphatic heterocycles. The van der Waals surface area contributed by atoms with E-state index in [1.807, 2.05) is 12.3 Å². The summed E-state index contributed by atoms with van der Waals surface area (Å²) in [7, 11) is 0. The van der Waals surface area contributed by atoms with Crippen LogP contribution in [0.1, 0.15) is 42.6 Å². The van der Waals surface area contributed by atoms with Gasteiger partial charge in [-0.2, -0.15) is 0 Å². The zero-order valence-electron chi connectivity index (χ0n) is 12.4. The fourth-order valence-corrected chi connectivity index (χ4v) is 2.47. The summed E-state index contributed by atoms with van der Waals surface area (Å²) in [5, 5.41) is 3.27. The molecule has 0 amide bonds. The minimum atomic E-state index is 0.475. The Morgan fingerprint density at radius 3 is 2.65 bits per heavy atom. The van der Waals surface area contributed by atoms with E-state index in [2.05, 4.69) is 49.3 Å². The summed E-state index contributed by atoms with van der Waals surface area (Å²) in [6.45, 7) is 8.58. The summed E-state index contributed by atoms with van der Waals surface area (Å²) < 4.78 is 0. The smallest absolute Gasteiger partial charge is 0.134 e. The predicted molar refractivity (Wildman–Crippen MR) is 81.9 cm³/mol. The summed E-state index contributed by atoms with van der Waals surface area (Å²) in [6, 6.07) is 8.69. The van der Waals surface area contributed by atoms with Crippen LogP contribution in [-0.4, -0.2) is 23.1 Å². The van der Waals surface area contributed by atoms with Crippen molar-refractivity contribution in [3.63, 3.8) is 0 Å². The molecular formula is C17H21N3. The number of hydrogen-bond donors (Lipinski definition) is 1. The fourth-order valence-electron chi connectivity index (χ4n) is 2.47. The SMILES string of the molecule is Cc1ccc(C(C)C)cc1-c1ccnc(C2CNC2)n1. The van der Waals surface area contributed by atoms with Crippen LogP contribution in [0.2, 0.25) is 0 Å². The Hall–Kier alpha value is -1.74. The molecule has 0 aliphatic carbocycles. The van der Waals surface area contributed by atoms with Gasteiger partial charge in [-0.15, -0.1) is 0 Å². The zero-order valence-corrected chi connectivity index (χ0v) is 12.4. The van der Waals surface area contributed by atoms with Crippen LogP contribution in [0.15, 0.2) is 30.5 Å². The Labute approximate surface area is 120 Å². The van der Waals surface area contributed by atoms with Crippen molar-refractivity contribution in [3.8, 4) is 11.3 Å². The van der Waals surface area contributed by atoms with E-state index in [9.17, 15) is 0 Å². The van der Waals surface area contributed by atoms with Gasteiger partial charge in [0.25, 0.3) is 0 Å². The molecule has 104 valence electrons. The fraction of sp³-hybridized carbons (Fsp3) is 0.412. The van der Waals surface area contributed by atoms with E-state index < -0.39 is 0 Å². The molecule has 0 bridgehead atoms. The van der Waals surface area contributed by atoms with Gasteiger partial charge < -0.3 is 5.32 Å². The van der Waals surface area contributed by atoms with Gasteiger partial charge in [0.1, 0.15) is 5.82 Å². The van der Waals surface area contributed by atoms with Gasteiger partial charge in [0.15, 0.2) is 0 Å².